The van der Waals surface area contributed by atoms with Crippen LogP contribution in [0.4, 0.5) is 4.79 Å². The number of benzene rings is 2. The van der Waals surface area contributed by atoms with Crippen molar-refractivity contribution < 1.29 is 29.0 Å². The largest absolute Gasteiger partial charge is 0.479 e. The van der Waals surface area contributed by atoms with Crippen molar-refractivity contribution in [2.45, 2.75) is 38.2 Å². The molecule has 0 aromatic heterocycles. The van der Waals surface area contributed by atoms with Gasteiger partial charge in [-0.1, -0.05) is 61.9 Å². The van der Waals surface area contributed by atoms with Crippen molar-refractivity contribution in [3.05, 3.63) is 59.7 Å². The third-order valence-corrected chi connectivity index (χ3v) is 6.84. The van der Waals surface area contributed by atoms with E-state index in [1.807, 2.05) is 31.2 Å². The molecule has 3 N–H and O–H groups in total. The minimum Gasteiger partial charge on any atom is -0.479 e. The lowest BCUT2D eigenvalue weighted by Crippen LogP contribution is -2.42. The molecule has 2 aromatic carbocycles. The van der Waals surface area contributed by atoms with Gasteiger partial charge in [0.1, 0.15) is 6.61 Å². The summed E-state index contributed by atoms with van der Waals surface area (Å²) in [7, 11) is 0. The number of amides is 2. The van der Waals surface area contributed by atoms with Gasteiger partial charge in [0.05, 0.1) is 5.92 Å². The summed E-state index contributed by atoms with van der Waals surface area (Å²) in [4.78, 5) is 36.5. The minimum absolute atomic E-state index is 0.0290. The number of carboxylic acid groups (broad SMARTS) is 1. The number of carbonyl (C=O) groups excluding carboxylic acids is 2. The summed E-state index contributed by atoms with van der Waals surface area (Å²) in [5, 5.41) is 14.8. The van der Waals surface area contributed by atoms with Crippen molar-refractivity contribution in [1.82, 2.24) is 10.6 Å². The molecule has 0 bridgehead atoms. The Morgan fingerprint density at radius 1 is 1.06 bits per heavy atom. The zero-order valence-corrected chi connectivity index (χ0v) is 19.9. The molecule has 3 atom stereocenters. The molecule has 4 rings (SSSR count). The van der Waals surface area contributed by atoms with Crippen LogP contribution in [0.2, 0.25) is 0 Å². The number of hydrogen-bond acceptors (Lipinski definition) is 5. The molecular formula is C27H32N2O6. The number of rotatable bonds is 10. The average molecular weight is 481 g/mol. The number of carbonyl (C=O) groups is 3. The van der Waals surface area contributed by atoms with E-state index < -0.39 is 24.1 Å². The third kappa shape index (κ3) is 5.65. The first-order chi connectivity index (χ1) is 17.0. The highest BCUT2D eigenvalue weighted by molar-refractivity contribution is 5.80. The van der Waals surface area contributed by atoms with E-state index in [2.05, 4.69) is 34.9 Å². The van der Waals surface area contributed by atoms with Gasteiger partial charge in [-0.3, -0.25) is 4.79 Å². The van der Waals surface area contributed by atoms with Crippen LogP contribution in [0.5, 0.6) is 0 Å². The van der Waals surface area contributed by atoms with E-state index >= 15 is 0 Å². The van der Waals surface area contributed by atoms with Gasteiger partial charge in [0.25, 0.3) is 0 Å². The SMILES string of the molecule is CCCC(CNC(=O)OCC1c2ccccc2-c2ccccc21)C(=O)NC[C@@H]1CCO[C@@H]1C(=O)O. The Morgan fingerprint density at radius 2 is 1.71 bits per heavy atom. The highest BCUT2D eigenvalue weighted by Gasteiger charge is 2.34. The lowest BCUT2D eigenvalue weighted by molar-refractivity contribution is -0.149. The lowest BCUT2D eigenvalue weighted by Gasteiger charge is -2.20. The Bertz CT molecular complexity index is 1030. The van der Waals surface area contributed by atoms with Crippen molar-refractivity contribution >= 4 is 18.0 Å². The smallest absolute Gasteiger partial charge is 0.407 e. The van der Waals surface area contributed by atoms with Crippen molar-refractivity contribution in [1.29, 1.82) is 0 Å². The summed E-state index contributed by atoms with van der Waals surface area (Å²) < 4.78 is 10.8. The molecule has 2 aliphatic rings. The maximum Gasteiger partial charge on any atom is 0.407 e. The van der Waals surface area contributed by atoms with Gasteiger partial charge < -0.3 is 25.2 Å². The van der Waals surface area contributed by atoms with E-state index in [4.69, 9.17) is 9.47 Å². The molecule has 1 saturated heterocycles. The summed E-state index contributed by atoms with van der Waals surface area (Å²) in [6, 6.07) is 16.3. The molecule has 1 heterocycles. The fraction of sp³-hybridized carbons (Fsp3) is 0.444. The molecular weight excluding hydrogens is 448 g/mol. The number of hydrogen-bond donors (Lipinski definition) is 3. The van der Waals surface area contributed by atoms with Crippen LogP contribution in [-0.2, 0) is 19.1 Å². The van der Waals surface area contributed by atoms with Gasteiger partial charge in [0, 0.05) is 31.5 Å². The van der Waals surface area contributed by atoms with Crippen LogP contribution in [0.25, 0.3) is 11.1 Å². The first-order valence-corrected chi connectivity index (χ1v) is 12.2. The van der Waals surface area contributed by atoms with E-state index in [0.717, 1.165) is 28.7 Å². The van der Waals surface area contributed by atoms with Crippen LogP contribution in [0.15, 0.2) is 48.5 Å². The van der Waals surface area contributed by atoms with Gasteiger partial charge >= 0.3 is 12.1 Å². The average Bonchev–Trinajstić information content (AvgIpc) is 3.47. The second-order valence-electron chi connectivity index (χ2n) is 9.12. The summed E-state index contributed by atoms with van der Waals surface area (Å²) in [6.07, 6.45) is 0.510. The normalized spacial score (nSPS) is 19.5. The van der Waals surface area contributed by atoms with Crippen LogP contribution in [0.1, 0.15) is 43.2 Å². The number of carboxylic acids is 1. The Labute approximate surface area is 205 Å². The standard InChI is InChI=1S/C27H32N2O6/c1-2-7-18(25(30)28-14-17-12-13-34-24(17)26(31)32)15-29-27(33)35-16-23-21-10-5-3-8-19(21)20-9-4-6-11-22(20)23/h3-6,8-11,17-18,23-24H,2,7,12-16H2,1H3,(H,28,30)(H,29,33)(H,31,32)/t17-,18?,24-/m0/s1. The molecule has 35 heavy (non-hydrogen) atoms. The first-order valence-electron chi connectivity index (χ1n) is 12.2. The number of nitrogens with one attached hydrogen (secondary N) is 2. The molecule has 186 valence electrons. The molecule has 0 saturated carbocycles. The molecule has 2 amide bonds. The molecule has 8 nitrogen and oxygen atoms in total. The van der Waals surface area contributed by atoms with E-state index in [1.165, 1.54) is 0 Å². The van der Waals surface area contributed by atoms with Gasteiger partial charge in [-0.15, -0.1) is 0 Å². The predicted octanol–water partition coefficient (Wildman–Crippen LogP) is 3.55. The van der Waals surface area contributed by atoms with Crippen LogP contribution in [0, 0.1) is 11.8 Å². The monoisotopic (exact) mass is 480 g/mol. The summed E-state index contributed by atoms with van der Waals surface area (Å²) in [5.74, 6) is -1.93. The second-order valence-corrected chi connectivity index (χ2v) is 9.12. The van der Waals surface area contributed by atoms with Gasteiger partial charge in [-0.25, -0.2) is 9.59 Å². The highest BCUT2D eigenvalue weighted by Crippen LogP contribution is 2.44. The van der Waals surface area contributed by atoms with Crippen molar-refractivity contribution in [3.63, 3.8) is 0 Å². The highest BCUT2D eigenvalue weighted by atomic mass is 16.5. The second kappa shape index (κ2) is 11.4. The molecule has 8 heteroatoms. The Balaban J connectivity index is 1.28. The number of aliphatic carboxylic acids is 1. The molecule has 1 aliphatic carbocycles. The Hall–Kier alpha value is -3.39. The van der Waals surface area contributed by atoms with Crippen molar-refractivity contribution in [2.75, 3.05) is 26.3 Å². The molecule has 1 aliphatic heterocycles. The molecule has 1 fully saturated rings. The quantitative estimate of drug-likeness (QED) is 0.479. The van der Waals surface area contributed by atoms with Crippen LogP contribution < -0.4 is 10.6 Å². The summed E-state index contributed by atoms with van der Waals surface area (Å²) in [6.45, 7) is 2.95. The predicted molar refractivity (Wildman–Crippen MR) is 130 cm³/mol. The molecule has 0 radical (unpaired) electrons. The van der Waals surface area contributed by atoms with Crippen LogP contribution in [0.3, 0.4) is 0 Å². The first kappa shape index (κ1) is 24.7. The maximum atomic E-state index is 12.7. The molecule has 1 unspecified atom stereocenters. The summed E-state index contributed by atoms with van der Waals surface area (Å²) in [5.41, 5.74) is 4.60. The van der Waals surface area contributed by atoms with E-state index in [0.29, 0.717) is 19.4 Å². The van der Waals surface area contributed by atoms with E-state index in [1.54, 1.807) is 0 Å². The van der Waals surface area contributed by atoms with E-state index in [-0.39, 0.29) is 37.4 Å². The zero-order chi connectivity index (χ0) is 24.8. The number of alkyl carbamates (subject to hydrolysis) is 1. The molecule has 0 spiro atoms. The molecule has 2 aromatic rings. The Kier molecular flexibility index (Phi) is 8.02. The third-order valence-electron chi connectivity index (χ3n) is 6.84. The summed E-state index contributed by atoms with van der Waals surface area (Å²) >= 11 is 0. The van der Waals surface area contributed by atoms with Gasteiger partial charge in [0.15, 0.2) is 6.10 Å². The zero-order valence-electron chi connectivity index (χ0n) is 19.9. The van der Waals surface area contributed by atoms with E-state index in [9.17, 15) is 19.5 Å². The minimum atomic E-state index is -1.01. The van der Waals surface area contributed by atoms with Crippen LogP contribution in [-0.4, -0.2) is 55.5 Å². The number of fused-ring (bicyclic) bond motifs is 3. The van der Waals surface area contributed by atoms with Crippen molar-refractivity contribution in [3.8, 4) is 11.1 Å². The van der Waals surface area contributed by atoms with Gasteiger partial charge in [-0.2, -0.15) is 0 Å². The fourth-order valence-corrected chi connectivity index (χ4v) is 5.02. The number of ether oxygens (including phenoxy) is 2. The topological polar surface area (TPSA) is 114 Å². The van der Waals surface area contributed by atoms with Crippen molar-refractivity contribution in [2.24, 2.45) is 11.8 Å². The fourth-order valence-electron chi connectivity index (χ4n) is 5.02. The van der Waals surface area contributed by atoms with Gasteiger partial charge in [0.2, 0.25) is 5.91 Å². The van der Waals surface area contributed by atoms with Gasteiger partial charge in [-0.05, 0) is 35.1 Å². The maximum absolute atomic E-state index is 12.7. The Morgan fingerprint density at radius 3 is 2.34 bits per heavy atom. The van der Waals surface area contributed by atoms with Crippen LogP contribution >= 0.6 is 0 Å². The lowest BCUT2D eigenvalue weighted by atomic mass is 9.98.